The molecule has 2 aliphatic heterocycles. The molecule has 2 atom stereocenters. The average Bonchev–Trinajstić information content (AvgIpc) is 2.77. The van der Waals surface area contributed by atoms with E-state index in [1.807, 2.05) is 0 Å². The van der Waals surface area contributed by atoms with Gasteiger partial charge < -0.3 is 0 Å². The normalized spacial score (nSPS) is 33.8. The lowest BCUT2D eigenvalue weighted by Gasteiger charge is -2.31. The Morgan fingerprint density at radius 3 is 1.92 bits per heavy atom. The summed E-state index contributed by atoms with van der Waals surface area (Å²) < 4.78 is 0. The topological polar surface area (TPSA) is 30.5 Å². The van der Waals surface area contributed by atoms with Gasteiger partial charge in [0.05, 0.1) is 6.17 Å². The molecule has 2 aliphatic rings. The molecule has 0 aromatic carbocycles. The van der Waals surface area contributed by atoms with Gasteiger partial charge in [-0.15, -0.1) is 0 Å². The fourth-order valence-electron chi connectivity index (χ4n) is 1.51. The zero-order valence-electron chi connectivity index (χ0n) is 7.30. The van der Waals surface area contributed by atoms with Gasteiger partial charge in [0, 0.05) is 13.1 Å². The minimum absolute atomic E-state index is 0.509. The Morgan fingerprint density at radius 1 is 1.08 bits per heavy atom. The maximum absolute atomic E-state index is 3.42. The summed E-state index contributed by atoms with van der Waals surface area (Å²) in [5, 5.41) is 11.5. The van der Waals surface area contributed by atoms with Crippen LogP contribution < -0.4 is 10.4 Å². The summed E-state index contributed by atoms with van der Waals surface area (Å²) >= 11 is 0. The Kier molecular flexibility index (Phi) is 3.30. The standard InChI is InChI=1S/C6H16N4P2/c1-6(9-2-4-11-7-9)10-3-5-12-8-10/h6-8,11-12H,2-5H2,1H3. The third kappa shape index (κ3) is 1.95. The summed E-state index contributed by atoms with van der Waals surface area (Å²) in [7, 11) is 1.84. The number of nitrogens with zero attached hydrogens (tertiary/aromatic N) is 2. The summed E-state index contributed by atoms with van der Waals surface area (Å²) in [6.07, 6.45) is 3.12. The van der Waals surface area contributed by atoms with E-state index in [-0.39, 0.29) is 0 Å². The van der Waals surface area contributed by atoms with Crippen molar-refractivity contribution in [2.24, 2.45) is 0 Å². The molecule has 2 heterocycles. The predicted molar refractivity (Wildman–Crippen MR) is 55.5 cm³/mol. The molecule has 0 saturated carbocycles. The zero-order valence-corrected chi connectivity index (χ0v) is 9.30. The molecule has 70 valence electrons. The molecule has 0 bridgehead atoms. The Bertz CT molecular complexity index is 128. The van der Waals surface area contributed by atoms with Gasteiger partial charge in [-0.25, -0.2) is 20.4 Å². The molecule has 6 heteroatoms. The smallest absolute Gasteiger partial charge is 0.0866 e. The highest BCUT2D eigenvalue weighted by Crippen LogP contribution is 2.21. The molecule has 0 amide bonds. The third-order valence-corrected chi connectivity index (χ3v) is 4.14. The molecule has 4 nitrogen and oxygen atoms in total. The van der Waals surface area contributed by atoms with E-state index in [4.69, 9.17) is 0 Å². The first kappa shape index (κ1) is 9.26. The number of rotatable bonds is 2. The molecule has 2 unspecified atom stereocenters. The molecule has 0 spiro atoms. The molecule has 0 aromatic rings. The second-order valence-corrected chi connectivity index (χ2v) is 5.25. The van der Waals surface area contributed by atoms with Crippen molar-refractivity contribution < 1.29 is 0 Å². The van der Waals surface area contributed by atoms with Gasteiger partial charge in [0.25, 0.3) is 0 Å². The fourth-order valence-corrected chi connectivity index (χ4v) is 3.44. The van der Waals surface area contributed by atoms with Crippen LogP contribution in [0.2, 0.25) is 0 Å². The first-order chi connectivity index (χ1) is 5.88. The highest BCUT2D eigenvalue weighted by molar-refractivity contribution is 7.36. The Morgan fingerprint density at radius 2 is 1.58 bits per heavy atom. The second-order valence-electron chi connectivity index (χ2n) is 3.10. The van der Waals surface area contributed by atoms with Gasteiger partial charge in [-0.3, -0.25) is 0 Å². The van der Waals surface area contributed by atoms with E-state index in [9.17, 15) is 0 Å². The second kappa shape index (κ2) is 4.28. The first-order valence-electron chi connectivity index (χ1n) is 4.38. The zero-order chi connectivity index (χ0) is 8.39. The van der Waals surface area contributed by atoms with E-state index in [0.717, 1.165) is 17.5 Å². The lowest BCUT2D eigenvalue weighted by Crippen LogP contribution is -2.50. The first-order valence-corrected chi connectivity index (χ1v) is 6.79. The van der Waals surface area contributed by atoms with Crippen molar-refractivity contribution in [3.05, 3.63) is 0 Å². The van der Waals surface area contributed by atoms with Crippen molar-refractivity contribution in [1.29, 1.82) is 0 Å². The average molecular weight is 206 g/mol. The number of hydrazine groups is 2. The van der Waals surface area contributed by atoms with E-state index in [1.54, 1.807) is 0 Å². The summed E-state index contributed by atoms with van der Waals surface area (Å²) in [5.74, 6) is 0. The molecule has 2 rings (SSSR count). The van der Waals surface area contributed by atoms with Gasteiger partial charge in [-0.1, -0.05) is 0 Å². The molecule has 0 aliphatic carbocycles. The molecular formula is C6H16N4P2. The van der Waals surface area contributed by atoms with Crippen LogP contribution >= 0.6 is 17.5 Å². The van der Waals surface area contributed by atoms with Gasteiger partial charge in [0.1, 0.15) is 0 Å². The maximum Gasteiger partial charge on any atom is 0.0866 e. The van der Waals surface area contributed by atoms with Crippen LogP contribution in [-0.4, -0.2) is 41.6 Å². The van der Waals surface area contributed by atoms with Crippen molar-refractivity contribution in [2.75, 3.05) is 25.4 Å². The summed E-state index contributed by atoms with van der Waals surface area (Å²) in [6, 6.07) is 0. The molecule has 2 saturated heterocycles. The molecule has 0 aromatic heterocycles. The van der Waals surface area contributed by atoms with Crippen molar-refractivity contribution in [3.63, 3.8) is 0 Å². The highest BCUT2D eigenvalue weighted by Gasteiger charge is 2.25. The van der Waals surface area contributed by atoms with Crippen LogP contribution in [0, 0.1) is 0 Å². The van der Waals surface area contributed by atoms with Crippen LogP contribution in [0.25, 0.3) is 0 Å². The van der Waals surface area contributed by atoms with Crippen LogP contribution in [-0.2, 0) is 0 Å². The molecule has 2 N–H and O–H groups in total. The van der Waals surface area contributed by atoms with Crippen molar-refractivity contribution in [3.8, 4) is 0 Å². The minimum atomic E-state index is 0.509. The minimum Gasteiger partial charge on any atom is -0.235 e. The SMILES string of the molecule is CC(N1CCPN1)N1CCPN1. The quantitative estimate of drug-likeness (QED) is 0.630. The summed E-state index contributed by atoms with van der Waals surface area (Å²) in [4.78, 5) is 0. The van der Waals surface area contributed by atoms with E-state index in [1.165, 1.54) is 25.4 Å². The van der Waals surface area contributed by atoms with Crippen molar-refractivity contribution in [2.45, 2.75) is 13.1 Å². The number of nitrogens with one attached hydrogen (secondary N) is 2. The highest BCUT2D eigenvalue weighted by atomic mass is 31.1. The van der Waals surface area contributed by atoms with E-state index in [0.29, 0.717) is 6.17 Å². The molecule has 12 heavy (non-hydrogen) atoms. The largest absolute Gasteiger partial charge is 0.235 e. The Hall–Kier alpha value is 0.700. The predicted octanol–water partition coefficient (Wildman–Crippen LogP) is 0.160. The van der Waals surface area contributed by atoms with Gasteiger partial charge in [-0.2, -0.15) is 0 Å². The van der Waals surface area contributed by atoms with Gasteiger partial charge in [0.15, 0.2) is 0 Å². The molecule has 0 radical (unpaired) electrons. The number of hydrogen-bond donors (Lipinski definition) is 2. The van der Waals surface area contributed by atoms with Crippen LogP contribution in [0.4, 0.5) is 0 Å². The van der Waals surface area contributed by atoms with E-state index < -0.39 is 0 Å². The van der Waals surface area contributed by atoms with Crippen molar-refractivity contribution >= 4 is 17.5 Å². The van der Waals surface area contributed by atoms with E-state index in [2.05, 4.69) is 27.3 Å². The summed E-state index contributed by atoms with van der Waals surface area (Å²) in [5.41, 5.74) is 0. The van der Waals surface area contributed by atoms with Crippen LogP contribution in [0.15, 0.2) is 0 Å². The Balaban J connectivity index is 1.84. The summed E-state index contributed by atoms with van der Waals surface area (Å²) in [6.45, 7) is 4.65. The Labute approximate surface area is 77.1 Å². The van der Waals surface area contributed by atoms with Crippen molar-refractivity contribution in [1.82, 2.24) is 20.4 Å². The van der Waals surface area contributed by atoms with Gasteiger partial charge >= 0.3 is 0 Å². The third-order valence-electron chi connectivity index (χ3n) is 2.30. The van der Waals surface area contributed by atoms with Crippen LogP contribution in [0.3, 0.4) is 0 Å². The lowest BCUT2D eigenvalue weighted by molar-refractivity contribution is 0.0476. The number of hydrogen-bond acceptors (Lipinski definition) is 4. The molecule has 2 fully saturated rings. The lowest BCUT2D eigenvalue weighted by atomic mass is 10.5. The monoisotopic (exact) mass is 206 g/mol. The van der Waals surface area contributed by atoms with E-state index >= 15 is 0 Å². The maximum atomic E-state index is 3.42. The fraction of sp³-hybridized carbons (Fsp3) is 1.00. The van der Waals surface area contributed by atoms with Crippen LogP contribution in [0.5, 0.6) is 0 Å². The van der Waals surface area contributed by atoms with Crippen LogP contribution in [0.1, 0.15) is 6.92 Å². The van der Waals surface area contributed by atoms with Gasteiger partial charge in [0.2, 0.25) is 0 Å². The van der Waals surface area contributed by atoms with Gasteiger partial charge in [-0.05, 0) is 36.7 Å². The molecular weight excluding hydrogens is 190 g/mol.